The summed E-state index contributed by atoms with van der Waals surface area (Å²) in [7, 11) is 0. The summed E-state index contributed by atoms with van der Waals surface area (Å²) in [4.78, 5) is 12.2. The van der Waals surface area contributed by atoms with Crippen molar-refractivity contribution in [1.82, 2.24) is 5.32 Å². The van der Waals surface area contributed by atoms with E-state index < -0.39 is 0 Å². The fraction of sp³-hybridized carbons (Fsp3) is 0.235. The van der Waals surface area contributed by atoms with Gasteiger partial charge in [0, 0.05) is 21.1 Å². The van der Waals surface area contributed by atoms with Gasteiger partial charge in [0.25, 0.3) is 5.91 Å². The molecule has 110 valence electrons. The lowest BCUT2D eigenvalue weighted by molar-refractivity contribution is 0.0940. The molecule has 0 fully saturated rings. The maximum Gasteiger partial charge on any atom is 0.251 e. The quantitative estimate of drug-likeness (QED) is 0.829. The summed E-state index contributed by atoms with van der Waals surface area (Å²) in [6.45, 7) is 3.99. The molecule has 4 heteroatoms. The molecule has 1 amide bonds. The zero-order valence-electron chi connectivity index (χ0n) is 12.0. The molecule has 2 nitrogen and oxygen atoms in total. The first-order valence-electron chi connectivity index (χ1n) is 6.77. The largest absolute Gasteiger partial charge is 0.349 e. The topological polar surface area (TPSA) is 29.1 Å². The molecule has 2 rings (SSSR count). The Morgan fingerprint density at radius 1 is 1.24 bits per heavy atom. The number of halogens is 2. The number of benzene rings is 2. The number of hydrogen-bond acceptors (Lipinski definition) is 1. The van der Waals surface area contributed by atoms with Crippen molar-refractivity contribution < 1.29 is 4.79 Å². The van der Waals surface area contributed by atoms with Gasteiger partial charge in [0.15, 0.2) is 0 Å². The van der Waals surface area contributed by atoms with Crippen molar-refractivity contribution in [1.29, 1.82) is 0 Å². The number of hydrogen-bond donors (Lipinski definition) is 1. The van der Waals surface area contributed by atoms with E-state index in [0.29, 0.717) is 5.56 Å². The van der Waals surface area contributed by atoms with E-state index in [-0.39, 0.29) is 11.9 Å². The summed E-state index contributed by atoms with van der Waals surface area (Å²) >= 11 is 9.31. The minimum absolute atomic E-state index is 0.0544. The first-order valence-corrected chi connectivity index (χ1v) is 7.94. The van der Waals surface area contributed by atoms with E-state index in [1.807, 2.05) is 56.3 Å². The third-order valence-electron chi connectivity index (χ3n) is 3.27. The van der Waals surface area contributed by atoms with E-state index in [4.69, 9.17) is 11.6 Å². The molecule has 0 spiro atoms. The number of rotatable bonds is 4. The molecule has 0 aromatic heterocycles. The minimum Gasteiger partial charge on any atom is -0.349 e. The van der Waals surface area contributed by atoms with Crippen molar-refractivity contribution in [2.24, 2.45) is 0 Å². The highest BCUT2D eigenvalue weighted by Crippen LogP contribution is 2.17. The van der Waals surface area contributed by atoms with Crippen molar-refractivity contribution in [3.63, 3.8) is 0 Å². The third kappa shape index (κ3) is 4.58. The van der Waals surface area contributed by atoms with Crippen LogP contribution in [-0.4, -0.2) is 11.9 Å². The van der Waals surface area contributed by atoms with Crippen LogP contribution in [0.4, 0.5) is 0 Å². The van der Waals surface area contributed by atoms with Crippen molar-refractivity contribution in [3.05, 3.63) is 68.7 Å². The Hall–Kier alpha value is -1.32. The molecule has 1 N–H and O–H groups in total. The zero-order valence-corrected chi connectivity index (χ0v) is 14.3. The maximum atomic E-state index is 12.2. The van der Waals surface area contributed by atoms with Crippen LogP contribution in [0.2, 0.25) is 5.02 Å². The van der Waals surface area contributed by atoms with Crippen molar-refractivity contribution in [2.45, 2.75) is 26.3 Å². The predicted octanol–water partition coefficient (Wildman–Crippen LogP) is 4.77. The average molecular weight is 367 g/mol. The van der Waals surface area contributed by atoms with Gasteiger partial charge in [-0.3, -0.25) is 4.79 Å². The molecule has 0 heterocycles. The molecule has 0 aliphatic rings. The van der Waals surface area contributed by atoms with Crippen LogP contribution in [0, 0.1) is 6.92 Å². The molecule has 0 aliphatic carbocycles. The number of amides is 1. The summed E-state index contributed by atoms with van der Waals surface area (Å²) in [5, 5.41) is 3.74. The number of nitrogens with one attached hydrogen (secondary N) is 1. The Morgan fingerprint density at radius 3 is 2.52 bits per heavy atom. The van der Waals surface area contributed by atoms with Gasteiger partial charge < -0.3 is 5.32 Å². The molecular weight excluding hydrogens is 350 g/mol. The second-order valence-corrected chi connectivity index (χ2v) is 6.46. The first-order chi connectivity index (χ1) is 9.95. The second kappa shape index (κ2) is 7.10. The summed E-state index contributed by atoms with van der Waals surface area (Å²) < 4.78 is 0.945. The molecule has 2 aromatic carbocycles. The molecule has 2 aromatic rings. The van der Waals surface area contributed by atoms with Gasteiger partial charge in [-0.1, -0.05) is 45.7 Å². The fourth-order valence-electron chi connectivity index (χ4n) is 2.07. The molecule has 1 unspecified atom stereocenters. The lowest BCUT2D eigenvalue weighted by atomic mass is 10.1. The highest BCUT2D eigenvalue weighted by molar-refractivity contribution is 9.10. The number of carbonyl (C=O) groups excluding carboxylic acids is 1. The van der Waals surface area contributed by atoms with Crippen molar-refractivity contribution in [2.75, 3.05) is 0 Å². The summed E-state index contributed by atoms with van der Waals surface area (Å²) in [6.07, 6.45) is 0.774. The Morgan fingerprint density at radius 2 is 1.90 bits per heavy atom. The molecule has 0 saturated heterocycles. The van der Waals surface area contributed by atoms with Crippen molar-refractivity contribution in [3.8, 4) is 0 Å². The Balaban J connectivity index is 1.98. The minimum atomic E-state index is -0.0582. The van der Waals surface area contributed by atoms with Crippen LogP contribution in [0.5, 0.6) is 0 Å². The fourth-order valence-corrected chi connectivity index (χ4v) is 2.57. The summed E-state index contributed by atoms with van der Waals surface area (Å²) in [6, 6.07) is 13.4. The zero-order chi connectivity index (χ0) is 15.4. The van der Waals surface area contributed by atoms with E-state index in [2.05, 4.69) is 21.2 Å². The molecular formula is C17H17BrClNO. The summed E-state index contributed by atoms with van der Waals surface area (Å²) in [5.41, 5.74) is 2.92. The van der Waals surface area contributed by atoms with Gasteiger partial charge in [-0.15, -0.1) is 0 Å². The van der Waals surface area contributed by atoms with Crippen molar-refractivity contribution >= 4 is 33.4 Å². The monoisotopic (exact) mass is 365 g/mol. The van der Waals surface area contributed by atoms with Crippen LogP contribution in [0.25, 0.3) is 0 Å². The standard InChI is InChI=1S/C17H17BrClNO/c1-11-3-6-14(10-16(11)18)17(21)20-12(2)9-13-4-7-15(19)8-5-13/h3-8,10,12H,9H2,1-2H3,(H,20,21). The van der Waals surface area contributed by atoms with Crippen LogP contribution in [-0.2, 0) is 6.42 Å². The van der Waals surface area contributed by atoms with Gasteiger partial charge in [0.2, 0.25) is 0 Å². The Kier molecular flexibility index (Phi) is 5.43. The molecule has 21 heavy (non-hydrogen) atoms. The van der Waals surface area contributed by atoms with Gasteiger partial charge >= 0.3 is 0 Å². The van der Waals surface area contributed by atoms with Crippen LogP contribution in [0.1, 0.15) is 28.4 Å². The lowest BCUT2D eigenvalue weighted by Crippen LogP contribution is -2.34. The van der Waals surface area contributed by atoms with Gasteiger partial charge in [0.05, 0.1) is 0 Å². The van der Waals surface area contributed by atoms with Gasteiger partial charge in [0.1, 0.15) is 0 Å². The van der Waals surface area contributed by atoms with Gasteiger partial charge in [-0.2, -0.15) is 0 Å². The molecule has 1 atom stereocenters. The Labute approximate surface area is 138 Å². The third-order valence-corrected chi connectivity index (χ3v) is 4.37. The average Bonchev–Trinajstić information content (AvgIpc) is 2.44. The van der Waals surface area contributed by atoms with Crippen LogP contribution < -0.4 is 5.32 Å². The highest BCUT2D eigenvalue weighted by atomic mass is 79.9. The normalized spacial score (nSPS) is 12.0. The lowest BCUT2D eigenvalue weighted by Gasteiger charge is -2.14. The van der Waals surface area contributed by atoms with Gasteiger partial charge in [-0.25, -0.2) is 0 Å². The van der Waals surface area contributed by atoms with Gasteiger partial charge in [-0.05, 0) is 55.7 Å². The van der Waals surface area contributed by atoms with E-state index in [1.54, 1.807) is 0 Å². The second-order valence-electron chi connectivity index (χ2n) is 5.17. The maximum absolute atomic E-state index is 12.2. The van der Waals surface area contributed by atoms with Crippen LogP contribution >= 0.6 is 27.5 Å². The SMILES string of the molecule is Cc1ccc(C(=O)NC(C)Cc2ccc(Cl)cc2)cc1Br. The van der Waals surface area contributed by atoms with E-state index >= 15 is 0 Å². The predicted molar refractivity (Wildman–Crippen MR) is 91.0 cm³/mol. The number of aryl methyl sites for hydroxylation is 1. The summed E-state index contributed by atoms with van der Waals surface area (Å²) in [5.74, 6) is -0.0582. The molecule has 0 bridgehead atoms. The number of carbonyl (C=O) groups is 1. The smallest absolute Gasteiger partial charge is 0.251 e. The first kappa shape index (κ1) is 16.1. The molecule has 0 radical (unpaired) electrons. The van der Waals surface area contributed by atoms with Crippen LogP contribution in [0.15, 0.2) is 46.9 Å². The van der Waals surface area contributed by atoms with E-state index in [1.165, 1.54) is 0 Å². The van der Waals surface area contributed by atoms with Crippen LogP contribution in [0.3, 0.4) is 0 Å². The molecule has 0 saturated carbocycles. The molecule has 0 aliphatic heterocycles. The van der Waals surface area contributed by atoms with E-state index in [0.717, 1.165) is 27.0 Å². The van der Waals surface area contributed by atoms with E-state index in [9.17, 15) is 4.79 Å². The highest BCUT2D eigenvalue weighted by Gasteiger charge is 2.11. The Bertz CT molecular complexity index is 640.